The van der Waals surface area contributed by atoms with Gasteiger partial charge in [0, 0.05) is 26.7 Å². The lowest BCUT2D eigenvalue weighted by Gasteiger charge is -2.26. The van der Waals surface area contributed by atoms with Crippen molar-refractivity contribution in [1.29, 1.82) is 0 Å². The van der Waals surface area contributed by atoms with Crippen LogP contribution in [0.25, 0.3) is 0 Å². The van der Waals surface area contributed by atoms with Crippen LogP contribution in [0, 0.1) is 0 Å². The number of furan rings is 1. The van der Waals surface area contributed by atoms with E-state index >= 15 is 0 Å². The first-order valence-corrected chi connectivity index (χ1v) is 6.54. The molecule has 0 aliphatic heterocycles. The molecule has 5 nitrogen and oxygen atoms in total. The molecule has 0 radical (unpaired) electrons. The van der Waals surface area contributed by atoms with E-state index in [-0.39, 0.29) is 11.9 Å². The maximum atomic E-state index is 12.1. The van der Waals surface area contributed by atoms with E-state index in [1.165, 1.54) is 0 Å². The second-order valence-corrected chi connectivity index (χ2v) is 4.88. The first kappa shape index (κ1) is 15.7. The van der Waals surface area contributed by atoms with Gasteiger partial charge in [-0.15, -0.1) is 0 Å². The lowest BCUT2D eigenvalue weighted by atomic mass is 10.3. The van der Waals surface area contributed by atoms with Crippen molar-refractivity contribution in [3.63, 3.8) is 0 Å². The Bertz CT molecular complexity index is 363. The molecule has 0 saturated heterocycles. The van der Waals surface area contributed by atoms with E-state index in [2.05, 4.69) is 0 Å². The van der Waals surface area contributed by atoms with Crippen LogP contribution in [-0.2, 0) is 16.1 Å². The summed E-state index contributed by atoms with van der Waals surface area (Å²) in [7, 11) is 3.49. The standard InChI is InChI=1S/C14H24N2O3/c1-12(2)15(3)14(17)11-16(7-9-18-4)10-13-6-5-8-19-13/h5-6,8,12H,7,9-11H2,1-4H3. The summed E-state index contributed by atoms with van der Waals surface area (Å²) >= 11 is 0. The summed E-state index contributed by atoms with van der Waals surface area (Å²) in [5, 5.41) is 0. The smallest absolute Gasteiger partial charge is 0.236 e. The van der Waals surface area contributed by atoms with Crippen LogP contribution < -0.4 is 0 Å². The van der Waals surface area contributed by atoms with Gasteiger partial charge in [-0.05, 0) is 26.0 Å². The van der Waals surface area contributed by atoms with E-state index < -0.39 is 0 Å². The fourth-order valence-electron chi connectivity index (χ4n) is 1.65. The van der Waals surface area contributed by atoms with Crippen LogP contribution in [0.15, 0.2) is 22.8 Å². The third-order valence-electron chi connectivity index (χ3n) is 3.10. The maximum absolute atomic E-state index is 12.1. The number of hydrogen-bond donors (Lipinski definition) is 0. The molecule has 0 aromatic carbocycles. The molecule has 19 heavy (non-hydrogen) atoms. The van der Waals surface area contributed by atoms with Gasteiger partial charge in [0.05, 0.1) is 26.0 Å². The van der Waals surface area contributed by atoms with E-state index in [1.807, 2.05) is 37.9 Å². The predicted octanol–water partition coefficient (Wildman–Crippen LogP) is 1.59. The Morgan fingerprint density at radius 1 is 1.47 bits per heavy atom. The molecule has 1 rings (SSSR count). The topological polar surface area (TPSA) is 45.9 Å². The number of carbonyl (C=O) groups excluding carboxylic acids is 1. The van der Waals surface area contributed by atoms with Crippen molar-refractivity contribution < 1.29 is 13.9 Å². The zero-order chi connectivity index (χ0) is 14.3. The van der Waals surface area contributed by atoms with Gasteiger partial charge in [-0.2, -0.15) is 0 Å². The number of ether oxygens (including phenoxy) is 1. The van der Waals surface area contributed by atoms with Crippen LogP contribution in [0.1, 0.15) is 19.6 Å². The van der Waals surface area contributed by atoms with Crippen molar-refractivity contribution in [2.45, 2.75) is 26.4 Å². The van der Waals surface area contributed by atoms with Crippen LogP contribution in [0.3, 0.4) is 0 Å². The number of amides is 1. The molecule has 0 bridgehead atoms. The van der Waals surface area contributed by atoms with E-state index in [1.54, 1.807) is 18.3 Å². The lowest BCUT2D eigenvalue weighted by Crippen LogP contribution is -2.42. The fraction of sp³-hybridized carbons (Fsp3) is 0.643. The van der Waals surface area contributed by atoms with Crippen molar-refractivity contribution in [1.82, 2.24) is 9.80 Å². The molecule has 0 atom stereocenters. The normalized spacial score (nSPS) is 11.3. The van der Waals surface area contributed by atoms with E-state index in [9.17, 15) is 4.79 Å². The molecule has 0 fully saturated rings. The van der Waals surface area contributed by atoms with Gasteiger partial charge in [-0.25, -0.2) is 0 Å². The minimum atomic E-state index is 0.109. The molecular weight excluding hydrogens is 244 g/mol. The Kier molecular flexibility index (Phi) is 6.59. The first-order chi connectivity index (χ1) is 9.04. The molecule has 0 aliphatic carbocycles. The SMILES string of the molecule is COCCN(CC(=O)N(C)C(C)C)Cc1ccco1. The number of rotatable bonds is 8. The Labute approximate surface area is 115 Å². The van der Waals surface area contributed by atoms with Gasteiger partial charge in [-0.3, -0.25) is 9.69 Å². The van der Waals surface area contributed by atoms with Crippen LogP contribution in [0.4, 0.5) is 0 Å². The molecular formula is C14H24N2O3. The van der Waals surface area contributed by atoms with Crippen LogP contribution in [0.2, 0.25) is 0 Å². The summed E-state index contributed by atoms with van der Waals surface area (Å²) in [4.78, 5) is 15.9. The van der Waals surface area contributed by atoms with Crippen molar-refractivity contribution in [3.8, 4) is 0 Å². The molecule has 1 heterocycles. The Hall–Kier alpha value is -1.33. The average molecular weight is 268 g/mol. The van der Waals surface area contributed by atoms with Gasteiger partial charge >= 0.3 is 0 Å². The van der Waals surface area contributed by atoms with E-state index in [4.69, 9.17) is 9.15 Å². The zero-order valence-corrected chi connectivity index (χ0v) is 12.3. The lowest BCUT2D eigenvalue weighted by molar-refractivity contribution is -0.132. The van der Waals surface area contributed by atoms with E-state index in [0.717, 1.165) is 5.76 Å². The summed E-state index contributed by atoms with van der Waals surface area (Å²) < 4.78 is 10.4. The number of likely N-dealkylation sites (N-methyl/N-ethyl adjacent to an activating group) is 1. The number of carbonyl (C=O) groups is 1. The maximum Gasteiger partial charge on any atom is 0.236 e. The summed E-state index contributed by atoms with van der Waals surface area (Å²) in [6.45, 7) is 6.30. The van der Waals surface area contributed by atoms with Crippen molar-refractivity contribution in [2.24, 2.45) is 0 Å². The average Bonchev–Trinajstić information content (AvgIpc) is 2.87. The molecule has 0 N–H and O–H groups in total. The van der Waals surface area contributed by atoms with Gasteiger partial charge in [0.1, 0.15) is 5.76 Å². The van der Waals surface area contributed by atoms with Crippen molar-refractivity contribution in [3.05, 3.63) is 24.2 Å². The minimum Gasteiger partial charge on any atom is -0.468 e. The summed E-state index contributed by atoms with van der Waals surface area (Å²) in [6.07, 6.45) is 1.64. The molecule has 1 aromatic rings. The highest BCUT2D eigenvalue weighted by atomic mass is 16.5. The van der Waals surface area contributed by atoms with Gasteiger partial charge in [0.15, 0.2) is 0 Å². The Morgan fingerprint density at radius 2 is 2.21 bits per heavy atom. The third-order valence-corrected chi connectivity index (χ3v) is 3.10. The highest BCUT2D eigenvalue weighted by Gasteiger charge is 2.17. The van der Waals surface area contributed by atoms with Crippen LogP contribution in [0.5, 0.6) is 0 Å². The summed E-state index contributed by atoms with van der Waals surface area (Å²) in [5.41, 5.74) is 0. The molecule has 1 amide bonds. The minimum absolute atomic E-state index is 0.109. The molecule has 108 valence electrons. The van der Waals surface area contributed by atoms with E-state index in [0.29, 0.717) is 26.2 Å². The quantitative estimate of drug-likeness (QED) is 0.718. The summed E-state index contributed by atoms with van der Waals surface area (Å²) in [6, 6.07) is 3.97. The first-order valence-electron chi connectivity index (χ1n) is 6.54. The van der Waals surface area contributed by atoms with Gasteiger partial charge in [-0.1, -0.05) is 0 Å². The molecule has 0 aliphatic rings. The van der Waals surface area contributed by atoms with Gasteiger partial charge in [0.2, 0.25) is 5.91 Å². The highest BCUT2D eigenvalue weighted by molar-refractivity contribution is 5.78. The Morgan fingerprint density at radius 3 is 2.74 bits per heavy atom. The molecule has 0 unspecified atom stereocenters. The monoisotopic (exact) mass is 268 g/mol. The molecule has 0 saturated carbocycles. The van der Waals surface area contributed by atoms with Crippen molar-refractivity contribution in [2.75, 3.05) is 33.9 Å². The van der Waals surface area contributed by atoms with Crippen molar-refractivity contribution >= 4 is 5.91 Å². The summed E-state index contributed by atoms with van der Waals surface area (Å²) in [5.74, 6) is 0.966. The molecule has 0 spiro atoms. The Balaban J connectivity index is 2.56. The number of methoxy groups -OCH3 is 1. The second-order valence-electron chi connectivity index (χ2n) is 4.88. The number of nitrogens with zero attached hydrogens (tertiary/aromatic N) is 2. The van der Waals surface area contributed by atoms with Gasteiger partial charge in [0.25, 0.3) is 0 Å². The second kappa shape index (κ2) is 7.96. The predicted molar refractivity (Wildman–Crippen MR) is 73.8 cm³/mol. The van der Waals surface area contributed by atoms with Crippen LogP contribution >= 0.6 is 0 Å². The number of hydrogen-bond acceptors (Lipinski definition) is 4. The van der Waals surface area contributed by atoms with Crippen LogP contribution in [-0.4, -0.2) is 55.6 Å². The third kappa shape index (κ3) is 5.44. The molecule has 1 aromatic heterocycles. The largest absolute Gasteiger partial charge is 0.468 e. The fourth-order valence-corrected chi connectivity index (χ4v) is 1.65. The molecule has 5 heteroatoms. The zero-order valence-electron chi connectivity index (χ0n) is 12.3. The van der Waals surface area contributed by atoms with Gasteiger partial charge < -0.3 is 14.1 Å². The highest BCUT2D eigenvalue weighted by Crippen LogP contribution is 2.06.